The van der Waals surface area contributed by atoms with Crippen LogP contribution < -0.4 is 0 Å². The maximum absolute atomic E-state index is 8.80. The third-order valence-corrected chi connectivity index (χ3v) is 36.6. The van der Waals surface area contributed by atoms with Crippen LogP contribution in [-0.2, 0) is 4.74 Å². The zero-order valence-electron chi connectivity index (χ0n) is 63.6. The van der Waals surface area contributed by atoms with Crippen molar-refractivity contribution in [2.45, 2.75) is 471 Å². The van der Waals surface area contributed by atoms with Crippen LogP contribution in [0, 0.1) is 81.3 Å². The van der Waals surface area contributed by atoms with E-state index in [4.69, 9.17) is 4.74 Å². The van der Waals surface area contributed by atoms with Gasteiger partial charge in [0, 0.05) is 72.5 Å². The Kier molecular flexibility index (Phi) is 18.7. The molecule has 0 aromatic carbocycles. The predicted molar refractivity (Wildman–Crippen MR) is 400 cm³/mol. The van der Waals surface area contributed by atoms with E-state index >= 15 is 0 Å². The van der Waals surface area contributed by atoms with Crippen LogP contribution in [0.4, 0.5) is 0 Å². The standard InChI is InChI=1S/C88H148B2N4O/c1-86(2,3)59-43-56-39-40-57-44-60(87(4,5)6)48-69-68(46-58(45-59)82(56)83(57)69)55-41-42-75-71(47-55)90-73-53-72-76(54-80(73)95-81-52-67(51-79(85(81)90)93(75)65-33-21-13-22-34-65)91(62-27-15-10-16-28-62)63-29-17-11-18-30-63)94(66-35-23-14-24-36-66)78-50-61(88(7,8)9)49-77-84(78)89(72)70-37-25-26-38-74(70)92(77)64-31-19-12-20-32-64/h55-85H,10-54H2,1-9H3/t55?,56?,57-,58?,59?,60?,61-,67?,68?,69-,70?,71?,72?,73+,74-,75?,76?,77+,78?,79?,80?,81?,82+,83?,84?,85?/m1/s1. The second-order valence-corrected chi connectivity index (χ2v) is 43.5. The highest BCUT2D eigenvalue weighted by Gasteiger charge is 2.71. The smallest absolute Gasteiger partial charge is 0.159 e. The van der Waals surface area contributed by atoms with Crippen LogP contribution in [0.1, 0.15) is 351 Å². The van der Waals surface area contributed by atoms with Crippen molar-refractivity contribution in [1.29, 1.82) is 0 Å². The molecular weight excluding hydrogens is 1150 g/mol. The Hall–Kier alpha value is -0.0701. The first kappa shape index (κ1) is 66.9. The summed E-state index contributed by atoms with van der Waals surface area (Å²) in [5, 5.41) is 0. The van der Waals surface area contributed by atoms with E-state index in [0.29, 0.717) is 28.5 Å². The summed E-state index contributed by atoms with van der Waals surface area (Å²) >= 11 is 0. The summed E-state index contributed by atoms with van der Waals surface area (Å²) in [5.74, 6) is 15.9. The minimum Gasteiger partial charge on any atom is -0.376 e. The number of nitrogens with zero attached hydrogens (tertiary/aromatic N) is 4. The number of rotatable bonds is 7. The molecule has 4 heterocycles. The highest BCUT2D eigenvalue weighted by Crippen LogP contribution is 2.72. The molecule has 0 aromatic rings. The van der Waals surface area contributed by atoms with Gasteiger partial charge in [-0.3, -0.25) is 19.6 Å². The molecule has 18 rings (SSSR count). The first-order valence-electron chi connectivity index (χ1n) is 44.8. The van der Waals surface area contributed by atoms with E-state index in [0.717, 1.165) is 186 Å². The molecule has 19 unspecified atom stereocenters. The molecule has 18 fully saturated rings. The van der Waals surface area contributed by atoms with E-state index < -0.39 is 0 Å². The van der Waals surface area contributed by atoms with Crippen LogP contribution in [0.2, 0.25) is 34.9 Å². The molecule has 14 saturated carbocycles. The second kappa shape index (κ2) is 26.5. The van der Waals surface area contributed by atoms with Crippen LogP contribution in [-0.4, -0.2) is 118 Å². The third-order valence-electron chi connectivity index (χ3n) is 36.6. The van der Waals surface area contributed by atoms with E-state index in [1.165, 1.54) is 212 Å². The van der Waals surface area contributed by atoms with E-state index in [2.05, 4.69) is 81.9 Å². The lowest BCUT2D eigenvalue weighted by molar-refractivity contribution is -0.156. The van der Waals surface area contributed by atoms with Crippen molar-refractivity contribution in [3.63, 3.8) is 0 Å². The molecule has 7 heteroatoms. The molecule has 0 aromatic heterocycles. The molecule has 18 aliphatic rings. The highest BCUT2D eigenvalue weighted by atomic mass is 16.5. The lowest BCUT2D eigenvalue weighted by Crippen LogP contribution is -2.76. The van der Waals surface area contributed by atoms with E-state index in [1.54, 1.807) is 77.0 Å². The van der Waals surface area contributed by atoms with Crippen molar-refractivity contribution in [1.82, 2.24) is 19.6 Å². The molecule has 0 amide bonds. The van der Waals surface area contributed by atoms with Gasteiger partial charge in [0.15, 0.2) is 13.4 Å². The Morgan fingerprint density at radius 1 is 0.284 bits per heavy atom. The van der Waals surface area contributed by atoms with Crippen molar-refractivity contribution in [2.75, 3.05) is 0 Å². The lowest BCUT2D eigenvalue weighted by Gasteiger charge is -2.72. The monoisotopic (exact) mass is 1300 g/mol. The molecule has 532 valence electrons. The van der Waals surface area contributed by atoms with Crippen LogP contribution in [0.5, 0.6) is 0 Å². The van der Waals surface area contributed by atoms with Gasteiger partial charge in [-0.25, -0.2) is 0 Å². The quantitative estimate of drug-likeness (QED) is 0.236. The van der Waals surface area contributed by atoms with Gasteiger partial charge in [0.25, 0.3) is 0 Å². The van der Waals surface area contributed by atoms with Crippen LogP contribution >= 0.6 is 0 Å². The minimum atomic E-state index is 0.366. The molecule has 4 saturated heterocycles. The van der Waals surface area contributed by atoms with Gasteiger partial charge >= 0.3 is 0 Å². The van der Waals surface area contributed by atoms with Crippen molar-refractivity contribution >= 4 is 13.4 Å². The molecule has 0 bridgehead atoms. The molecule has 0 N–H and O–H groups in total. The van der Waals surface area contributed by atoms with E-state index in [1.807, 2.05) is 0 Å². The van der Waals surface area contributed by atoms with E-state index in [-0.39, 0.29) is 0 Å². The van der Waals surface area contributed by atoms with Crippen molar-refractivity contribution < 1.29 is 4.74 Å². The van der Waals surface area contributed by atoms with Gasteiger partial charge < -0.3 is 4.74 Å². The summed E-state index contributed by atoms with van der Waals surface area (Å²) in [6, 6.07) is 9.61. The molecule has 0 radical (unpaired) electrons. The van der Waals surface area contributed by atoms with Gasteiger partial charge in [-0.05, 0) is 277 Å². The van der Waals surface area contributed by atoms with E-state index in [9.17, 15) is 0 Å². The number of hydrogen-bond donors (Lipinski definition) is 0. The largest absolute Gasteiger partial charge is 0.376 e. The zero-order chi connectivity index (χ0) is 64.4. The number of fused-ring (bicyclic) bond motifs is 8. The zero-order valence-corrected chi connectivity index (χ0v) is 63.6. The van der Waals surface area contributed by atoms with Crippen molar-refractivity contribution in [3.05, 3.63) is 0 Å². The maximum atomic E-state index is 8.80. The van der Waals surface area contributed by atoms with Gasteiger partial charge in [-0.1, -0.05) is 191 Å². The SMILES string of the molecule is CC(C)(C)C1CC2CC[C@@H]3CC(C(C)(C)C)C[C@@H]4C(C5CCC6C(C5)B5C7C(CC(N(C8CCCCC8)C8CCCCC8)CC7N6C6CCCCC6)OC6CC7C(C[C@H]56)B5C6CCCC[C@H]6N(C6CCCCC6)[C@H]6C[C@@H](C(C)(C)C)CC(C56)N7C5CCCCC5)CC(C1)[C@H]2C34. The van der Waals surface area contributed by atoms with Crippen molar-refractivity contribution in [3.8, 4) is 0 Å². The lowest BCUT2D eigenvalue weighted by atomic mass is 9.14. The predicted octanol–water partition coefficient (Wildman–Crippen LogP) is 22.3. The summed E-state index contributed by atoms with van der Waals surface area (Å²) in [7, 11) is 0. The van der Waals surface area contributed by atoms with Crippen LogP contribution in [0.25, 0.3) is 0 Å². The summed E-state index contributed by atoms with van der Waals surface area (Å²) in [6.07, 6.45) is 69.1. The van der Waals surface area contributed by atoms with Gasteiger partial charge in [0.05, 0.1) is 12.2 Å². The average Bonchev–Trinajstić information content (AvgIpc) is 0.696. The molecule has 0 spiro atoms. The summed E-state index contributed by atoms with van der Waals surface area (Å²) in [5.41, 5.74) is 1.24. The topological polar surface area (TPSA) is 22.2 Å². The molecule has 4 aliphatic heterocycles. The van der Waals surface area contributed by atoms with Gasteiger partial charge in [0.1, 0.15) is 0 Å². The van der Waals surface area contributed by atoms with Crippen LogP contribution in [0.15, 0.2) is 0 Å². The minimum absolute atomic E-state index is 0.366. The van der Waals surface area contributed by atoms with Gasteiger partial charge in [-0.15, -0.1) is 0 Å². The number of ether oxygens (including phenoxy) is 1. The summed E-state index contributed by atoms with van der Waals surface area (Å²) < 4.78 is 8.80. The first-order valence-corrected chi connectivity index (χ1v) is 44.8. The summed E-state index contributed by atoms with van der Waals surface area (Å²) in [6.45, 7) is 26.0. The Bertz CT molecular complexity index is 2580. The molecule has 26 atom stereocenters. The van der Waals surface area contributed by atoms with Gasteiger partial charge in [-0.2, -0.15) is 0 Å². The van der Waals surface area contributed by atoms with Crippen molar-refractivity contribution in [2.24, 2.45) is 81.3 Å². The third kappa shape index (κ3) is 11.8. The number of hydrogen-bond acceptors (Lipinski definition) is 5. The Morgan fingerprint density at radius 2 is 0.737 bits per heavy atom. The van der Waals surface area contributed by atoms with Crippen LogP contribution in [0.3, 0.4) is 0 Å². The average molecular weight is 1300 g/mol. The molecule has 14 aliphatic carbocycles. The fraction of sp³-hybridized carbons (Fsp3) is 1.00. The van der Waals surface area contributed by atoms with Gasteiger partial charge in [0.2, 0.25) is 0 Å². The first-order chi connectivity index (χ1) is 46.0. The second-order valence-electron chi connectivity index (χ2n) is 43.5. The Morgan fingerprint density at radius 3 is 1.32 bits per heavy atom. The fourth-order valence-electron chi connectivity index (χ4n) is 33.0. The molecule has 5 nitrogen and oxygen atoms in total. The highest BCUT2D eigenvalue weighted by molar-refractivity contribution is 6.67. The maximum Gasteiger partial charge on any atom is 0.159 e. The Balaban J connectivity index is 0.765. The normalized spacial score (nSPS) is 48.6. The fourth-order valence-corrected chi connectivity index (χ4v) is 33.0. The molecule has 95 heavy (non-hydrogen) atoms. The summed E-state index contributed by atoms with van der Waals surface area (Å²) in [4.78, 5) is 14.2. The molecular formula is C88H148B2N4O. The Labute approximate surface area is 586 Å².